The second-order valence-corrected chi connectivity index (χ2v) is 6.10. The first-order valence-electron chi connectivity index (χ1n) is 8.11. The van der Waals surface area contributed by atoms with E-state index in [1.54, 1.807) is 0 Å². The summed E-state index contributed by atoms with van der Waals surface area (Å²) in [6.45, 7) is 5.31. The summed E-state index contributed by atoms with van der Waals surface area (Å²) in [5.41, 5.74) is 1.69. The van der Waals surface area contributed by atoms with Gasteiger partial charge in [-0.2, -0.15) is 0 Å². The molecule has 114 valence electrons. The highest BCUT2D eigenvalue weighted by atomic mass is 16.1. The zero-order valence-corrected chi connectivity index (χ0v) is 13.1. The van der Waals surface area contributed by atoms with Gasteiger partial charge in [0, 0.05) is 6.54 Å². The molecule has 1 aliphatic heterocycles. The number of carbonyl (C=O) groups is 1. The van der Waals surface area contributed by atoms with Gasteiger partial charge in [-0.25, -0.2) is 0 Å². The Bertz CT molecular complexity index is 569. The lowest BCUT2D eigenvalue weighted by atomic mass is 9.66. The molecule has 1 atom stereocenters. The summed E-state index contributed by atoms with van der Waals surface area (Å²) in [4.78, 5) is 14.8. The van der Waals surface area contributed by atoms with Gasteiger partial charge in [0.25, 0.3) is 0 Å². The maximum atomic E-state index is 12.4. The van der Waals surface area contributed by atoms with Gasteiger partial charge in [-0.15, -0.1) is 0 Å². The molecule has 0 saturated carbocycles. The highest BCUT2D eigenvalue weighted by Crippen LogP contribution is 2.42. The highest BCUT2D eigenvalue weighted by molar-refractivity contribution is 5.76. The number of nitrogens with zero attached hydrogens (tertiary/aromatic N) is 1. The smallest absolute Gasteiger partial charge is 0.135 e. The van der Waals surface area contributed by atoms with E-state index in [0.29, 0.717) is 5.92 Å². The zero-order valence-electron chi connectivity index (χ0n) is 13.1. The summed E-state index contributed by atoms with van der Waals surface area (Å²) in [6, 6.07) is 20.5. The van der Waals surface area contributed by atoms with Crippen molar-refractivity contribution in [2.45, 2.75) is 18.8 Å². The van der Waals surface area contributed by atoms with Gasteiger partial charge < -0.3 is 9.69 Å². The molecule has 1 fully saturated rings. The molecule has 0 N–H and O–H groups in total. The molecule has 0 amide bonds. The standard InChI is InChI=1S/C20H23NO/c1-2-21-14-13-19(15-21)20(16-22,17-9-5-3-6-10-17)18-11-7-4-8-12-18/h3-12,16,19H,2,13-15H2,1H3. The minimum Gasteiger partial charge on any atom is -0.303 e. The number of likely N-dealkylation sites (tertiary alicyclic amines) is 1. The molecule has 2 heteroatoms. The average Bonchev–Trinajstić information content (AvgIpc) is 3.08. The molecule has 0 aliphatic carbocycles. The van der Waals surface area contributed by atoms with Gasteiger partial charge in [0.1, 0.15) is 6.29 Å². The van der Waals surface area contributed by atoms with Crippen molar-refractivity contribution >= 4 is 6.29 Å². The van der Waals surface area contributed by atoms with E-state index < -0.39 is 5.41 Å². The van der Waals surface area contributed by atoms with E-state index in [4.69, 9.17) is 0 Å². The summed E-state index contributed by atoms with van der Waals surface area (Å²) >= 11 is 0. The van der Waals surface area contributed by atoms with E-state index >= 15 is 0 Å². The molecule has 0 spiro atoms. The van der Waals surface area contributed by atoms with Crippen molar-refractivity contribution < 1.29 is 4.79 Å². The first kappa shape index (κ1) is 15.0. The third kappa shape index (κ3) is 2.48. The lowest BCUT2D eigenvalue weighted by molar-refractivity contribution is -0.112. The Labute approximate surface area is 132 Å². The summed E-state index contributed by atoms with van der Waals surface area (Å²) < 4.78 is 0. The molecule has 1 heterocycles. The Morgan fingerprint density at radius 3 is 2.00 bits per heavy atom. The van der Waals surface area contributed by atoms with E-state index in [0.717, 1.165) is 37.2 Å². The van der Waals surface area contributed by atoms with Crippen LogP contribution in [0.5, 0.6) is 0 Å². The van der Waals surface area contributed by atoms with Crippen LogP contribution in [0.1, 0.15) is 24.5 Å². The van der Waals surface area contributed by atoms with Crippen LogP contribution in [0.25, 0.3) is 0 Å². The van der Waals surface area contributed by atoms with E-state index in [2.05, 4.69) is 36.1 Å². The second-order valence-electron chi connectivity index (χ2n) is 6.10. The van der Waals surface area contributed by atoms with Crippen LogP contribution in [0.4, 0.5) is 0 Å². The minimum atomic E-state index is -0.535. The second kappa shape index (κ2) is 6.45. The van der Waals surface area contributed by atoms with Crippen molar-refractivity contribution in [1.82, 2.24) is 4.90 Å². The third-order valence-electron chi connectivity index (χ3n) is 5.05. The number of carbonyl (C=O) groups excluding carboxylic acids is 1. The van der Waals surface area contributed by atoms with Crippen LogP contribution in [0.2, 0.25) is 0 Å². The average molecular weight is 293 g/mol. The van der Waals surface area contributed by atoms with Gasteiger partial charge in [-0.1, -0.05) is 67.6 Å². The van der Waals surface area contributed by atoms with E-state index in [-0.39, 0.29) is 0 Å². The first-order chi connectivity index (χ1) is 10.8. The quantitative estimate of drug-likeness (QED) is 0.786. The number of benzene rings is 2. The van der Waals surface area contributed by atoms with Crippen LogP contribution >= 0.6 is 0 Å². The van der Waals surface area contributed by atoms with Crippen molar-refractivity contribution in [2.24, 2.45) is 5.92 Å². The number of hydrogen-bond donors (Lipinski definition) is 0. The Morgan fingerprint density at radius 2 is 1.59 bits per heavy atom. The van der Waals surface area contributed by atoms with Crippen LogP contribution in [0, 0.1) is 5.92 Å². The van der Waals surface area contributed by atoms with Crippen molar-refractivity contribution in [1.29, 1.82) is 0 Å². The molecular weight excluding hydrogens is 270 g/mol. The van der Waals surface area contributed by atoms with Crippen molar-refractivity contribution in [3.63, 3.8) is 0 Å². The van der Waals surface area contributed by atoms with E-state index in [1.165, 1.54) is 6.29 Å². The molecule has 0 bridgehead atoms. The van der Waals surface area contributed by atoms with Crippen LogP contribution in [0.3, 0.4) is 0 Å². The largest absolute Gasteiger partial charge is 0.303 e. The number of rotatable bonds is 5. The van der Waals surface area contributed by atoms with Gasteiger partial charge in [-0.3, -0.25) is 0 Å². The Kier molecular flexibility index (Phi) is 4.39. The number of aldehydes is 1. The van der Waals surface area contributed by atoms with Crippen LogP contribution in [0.15, 0.2) is 60.7 Å². The maximum absolute atomic E-state index is 12.4. The SMILES string of the molecule is CCN1CCC(C(C=O)(c2ccccc2)c2ccccc2)C1. The molecule has 1 saturated heterocycles. The van der Waals surface area contributed by atoms with Crippen molar-refractivity contribution in [3.8, 4) is 0 Å². The van der Waals surface area contributed by atoms with E-state index in [1.807, 2.05) is 36.4 Å². The fraction of sp³-hybridized carbons (Fsp3) is 0.350. The summed E-state index contributed by atoms with van der Waals surface area (Å²) in [7, 11) is 0. The lowest BCUT2D eigenvalue weighted by Crippen LogP contribution is -2.40. The third-order valence-corrected chi connectivity index (χ3v) is 5.05. The molecule has 0 aromatic heterocycles. The molecule has 2 aromatic rings. The summed E-state index contributed by atoms with van der Waals surface area (Å²) in [5, 5.41) is 0. The maximum Gasteiger partial charge on any atom is 0.135 e. The summed E-state index contributed by atoms with van der Waals surface area (Å²) in [5.74, 6) is 0.328. The monoisotopic (exact) mass is 293 g/mol. The zero-order chi connectivity index (χ0) is 15.4. The minimum absolute atomic E-state index is 0.328. The highest BCUT2D eigenvalue weighted by Gasteiger charge is 2.44. The molecule has 1 aliphatic rings. The molecule has 2 aromatic carbocycles. The Morgan fingerprint density at radius 1 is 1.05 bits per heavy atom. The predicted molar refractivity (Wildman–Crippen MR) is 89.9 cm³/mol. The molecule has 0 radical (unpaired) electrons. The molecule has 2 nitrogen and oxygen atoms in total. The van der Waals surface area contributed by atoms with E-state index in [9.17, 15) is 4.79 Å². The van der Waals surface area contributed by atoms with Crippen LogP contribution in [-0.2, 0) is 10.2 Å². The summed E-state index contributed by atoms with van der Waals surface area (Å²) in [6.07, 6.45) is 2.25. The van der Waals surface area contributed by atoms with Crippen molar-refractivity contribution in [3.05, 3.63) is 71.8 Å². The molecule has 22 heavy (non-hydrogen) atoms. The van der Waals surface area contributed by atoms with Crippen LogP contribution in [-0.4, -0.2) is 30.8 Å². The Hall–Kier alpha value is -1.93. The molecule has 3 rings (SSSR count). The van der Waals surface area contributed by atoms with Crippen LogP contribution < -0.4 is 0 Å². The topological polar surface area (TPSA) is 20.3 Å². The predicted octanol–water partition coefficient (Wildman–Crippen LogP) is 3.51. The normalized spacial score (nSPS) is 19.2. The first-order valence-corrected chi connectivity index (χ1v) is 8.11. The van der Waals surface area contributed by atoms with Gasteiger partial charge in [0.05, 0.1) is 5.41 Å². The fourth-order valence-corrected chi connectivity index (χ4v) is 3.79. The van der Waals surface area contributed by atoms with Gasteiger partial charge in [0.15, 0.2) is 0 Å². The van der Waals surface area contributed by atoms with Gasteiger partial charge >= 0.3 is 0 Å². The molecular formula is C20H23NO. The molecule has 1 unspecified atom stereocenters. The van der Waals surface area contributed by atoms with Gasteiger partial charge in [-0.05, 0) is 36.6 Å². The Balaban J connectivity index is 2.11. The lowest BCUT2D eigenvalue weighted by Gasteiger charge is -2.35. The number of hydrogen-bond acceptors (Lipinski definition) is 2. The van der Waals surface area contributed by atoms with Gasteiger partial charge in [0.2, 0.25) is 0 Å². The fourth-order valence-electron chi connectivity index (χ4n) is 3.79. The van der Waals surface area contributed by atoms with Crippen molar-refractivity contribution in [2.75, 3.05) is 19.6 Å².